The molecular weight excluding hydrogens is 312 g/mol. The molecule has 2 atom stereocenters. The van der Waals surface area contributed by atoms with Crippen LogP contribution in [0.3, 0.4) is 0 Å². The van der Waals surface area contributed by atoms with E-state index in [9.17, 15) is 4.79 Å². The van der Waals surface area contributed by atoms with E-state index in [1.54, 1.807) is 0 Å². The summed E-state index contributed by atoms with van der Waals surface area (Å²) in [6.07, 6.45) is 1.42. The van der Waals surface area contributed by atoms with Crippen LogP contribution in [0.1, 0.15) is 32.8 Å². The lowest BCUT2D eigenvalue weighted by atomic mass is 9.54. The zero-order chi connectivity index (χ0) is 18.1. The highest BCUT2D eigenvalue weighted by Crippen LogP contribution is 2.49. The van der Waals surface area contributed by atoms with Crippen molar-refractivity contribution in [2.45, 2.75) is 45.3 Å². The molecule has 4 nitrogen and oxygen atoms in total. The lowest BCUT2D eigenvalue weighted by Gasteiger charge is -2.57. The molecule has 25 heavy (non-hydrogen) atoms. The van der Waals surface area contributed by atoms with Gasteiger partial charge in [-0.1, -0.05) is 56.3 Å². The van der Waals surface area contributed by atoms with Crippen LogP contribution in [0.25, 0.3) is 10.8 Å². The second kappa shape index (κ2) is 6.77. The van der Waals surface area contributed by atoms with Gasteiger partial charge in [0.05, 0.1) is 6.10 Å². The molecule has 134 valence electrons. The van der Waals surface area contributed by atoms with E-state index in [1.165, 1.54) is 16.3 Å². The first-order valence-electron chi connectivity index (χ1n) is 9.05. The van der Waals surface area contributed by atoms with Crippen molar-refractivity contribution in [1.82, 2.24) is 5.32 Å². The number of nitrogens with one attached hydrogen (secondary N) is 1. The summed E-state index contributed by atoms with van der Waals surface area (Å²) in [6.45, 7) is 7.23. The minimum Gasteiger partial charge on any atom is -0.378 e. The molecule has 0 radical (unpaired) electrons. The van der Waals surface area contributed by atoms with Gasteiger partial charge in [0.15, 0.2) is 0 Å². The molecule has 2 aromatic carbocycles. The summed E-state index contributed by atoms with van der Waals surface area (Å²) in [5.74, 6) is -0.0748. The smallest absolute Gasteiger partial charge is 0.240 e. The minimum absolute atomic E-state index is 0.0498. The van der Waals surface area contributed by atoms with Gasteiger partial charge in [-0.3, -0.25) is 4.79 Å². The number of benzene rings is 2. The second-order valence-corrected chi connectivity index (χ2v) is 7.53. The van der Waals surface area contributed by atoms with Crippen molar-refractivity contribution in [3.63, 3.8) is 0 Å². The predicted octanol–water partition coefficient (Wildman–Crippen LogP) is 3.03. The minimum atomic E-state index is -0.851. The average Bonchev–Trinajstić information content (AvgIpc) is 2.61. The second-order valence-electron chi connectivity index (χ2n) is 7.53. The van der Waals surface area contributed by atoms with Crippen molar-refractivity contribution in [3.05, 3.63) is 48.0 Å². The summed E-state index contributed by atoms with van der Waals surface area (Å²) < 4.78 is 5.69. The Balaban J connectivity index is 1.57. The van der Waals surface area contributed by atoms with Crippen LogP contribution in [0.5, 0.6) is 0 Å². The quantitative estimate of drug-likeness (QED) is 0.849. The highest BCUT2D eigenvalue weighted by Gasteiger charge is 2.62. The SMILES string of the molecule is CCOC1CC(N)(C(=O)NCCc2ccc3ccccc3c2)C1(C)C. The first-order valence-corrected chi connectivity index (χ1v) is 9.05. The Labute approximate surface area is 149 Å². The van der Waals surface area contributed by atoms with Gasteiger partial charge in [-0.25, -0.2) is 0 Å². The fourth-order valence-electron chi connectivity index (χ4n) is 3.69. The molecule has 2 unspecified atom stereocenters. The number of fused-ring (bicyclic) bond motifs is 1. The Kier molecular flexibility index (Phi) is 4.85. The van der Waals surface area contributed by atoms with Crippen molar-refractivity contribution in [2.24, 2.45) is 11.1 Å². The molecule has 3 rings (SSSR count). The Morgan fingerprint density at radius 2 is 1.96 bits per heavy atom. The first-order chi connectivity index (χ1) is 11.9. The van der Waals surface area contributed by atoms with E-state index in [-0.39, 0.29) is 17.4 Å². The molecule has 1 fully saturated rings. The molecule has 0 spiro atoms. The molecule has 0 bridgehead atoms. The first kappa shape index (κ1) is 17.9. The third-order valence-electron chi connectivity index (χ3n) is 5.75. The zero-order valence-electron chi connectivity index (χ0n) is 15.3. The number of hydrogen-bond acceptors (Lipinski definition) is 3. The summed E-state index contributed by atoms with van der Waals surface area (Å²) in [7, 11) is 0. The summed E-state index contributed by atoms with van der Waals surface area (Å²) in [5, 5.41) is 5.47. The predicted molar refractivity (Wildman–Crippen MR) is 101 cm³/mol. The molecular formula is C21H28N2O2. The van der Waals surface area contributed by atoms with E-state index in [0.717, 1.165) is 6.42 Å². The highest BCUT2D eigenvalue weighted by atomic mass is 16.5. The third kappa shape index (κ3) is 3.16. The molecule has 1 amide bonds. The van der Waals surface area contributed by atoms with Gasteiger partial charge in [-0.2, -0.15) is 0 Å². The van der Waals surface area contributed by atoms with Gasteiger partial charge in [-0.15, -0.1) is 0 Å². The molecule has 0 aliphatic heterocycles. The van der Waals surface area contributed by atoms with Crippen LogP contribution in [-0.4, -0.2) is 30.7 Å². The molecule has 2 aromatic rings. The van der Waals surface area contributed by atoms with E-state index < -0.39 is 5.54 Å². The van der Waals surface area contributed by atoms with Gasteiger partial charge in [0.2, 0.25) is 5.91 Å². The van der Waals surface area contributed by atoms with Gasteiger partial charge in [0, 0.05) is 25.0 Å². The Morgan fingerprint density at radius 1 is 1.24 bits per heavy atom. The van der Waals surface area contributed by atoms with E-state index >= 15 is 0 Å². The zero-order valence-corrected chi connectivity index (χ0v) is 15.3. The van der Waals surface area contributed by atoms with Crippen molar-refractivity contribution >= 4 is 16.7 Å². The molecule has 1 aliphatic carbocycles. The van der Waals surface area contributed by atoms with Crippen LogP contribution in [0, 0.1) is 5.41 Å². The largest absolute Gasteiger partial charge is 0.378 e. The molecule has 0 aromatic heterocycles. The number of hydrogen-bond donors (Lipinski definition) is 2. The summed E-state index contributed by atoms with van der Waals surface area (Å²) >= 11 is 0. The topological polar surface area (TPSA) is 64.3 Å². The van der Waals surface area contributed by atoms with E-state index in [2.05, 4.69) is 35.6 Å². The average molecular weight is 340 g/mol. The van der Waals surface area contributed by atoms with Crippen molar-refractivity contribution in [2.75, 3.05) is 13.2 Å². The molecule has 0 heterocycles. The number of rotatable bonds is 6. The van der Waals surface area contributed by atoms with Crippen LogP contribution >= 0.6 is 0 Å². The maximum atomic E-state index is 12.6. The Hall–Kier alpha value is -1.91. The monoisotopic (exact) mass is 340 g/mol. The number of nitrogens with two attached hydrogens (primary N) is 1. The molecule has 0 saturated heterocycles. The van der Waals surface area contributed by atoms with Crippen LogP contribution in [0.2, 0.25) is 0 Å². The van der Waals surface area contributed by atoms with Crippen molar-refractivity contribution in [3.8, 4) is 0 Å². The van der Waals surface area contributed by atoms with E-state index in [1.807, 2.05) is 32.9 Å². The maximum absolute atomic E-state index is 12.6. The summed E-state index contributed by atoms with van der Waals surface area (Å²) in [6, 6.07) is 14.7. The van der Waals surface area contributed by atoms with Crippen LogP contribution in [0.15, 0.2) is 42.5 Å². The highest BCUT2D eigenvalue weighted by molar-refractivity contribution is 5.89. The molecule has 3 N–H and O–H groups in total. The van der Waals surface area contributed by atoms with E-state index in [0.29, 0.717) is 19.6 Å². The number of carbonyl (C=O) groups excluding carboxylic acids is 1. The summed E-state index contributed by atoms with van der Waals surface area (Å²) in [4.78, 5) is 12.6. The number of amides is 1. The molecule has 1 aliphatic rings. The fourth-order valence-corrected chi connectivity index (χ4v) is 3.69. The number of carbonyl (C=O) groups is 1. The summed E-state index contributed by atoms with van der Waals surface area (Å²) in [5.41, 5.74) is 6.42. The van der Waals surface area contributed by atoms with Crippen LogP contribution in [-0.2, 0) is 16.0 Å². The fraction of sp³-hybridized carbons (Fsp3) is 0.476. The van der Waals surface area contributed by atoms with Crippen LogP contribution < -0.4 is 11.1 Å². The van der Waals surface area contributed by atoms with Gasteiger partial charge < -0.3 is 15.8 Å². The van der Waals surface area contributed by atoms with Crippen LogP contribution in [0.4, 0.5) is 0 Å². The standard InChI is InChI=1S/C21H28N2O2/c1-4-25-18-14-21(22,20(18,2)3)19(24)23-12-11-15-9-10-16-7-5-6-8-17(16)13-15/h5-10,13,18H,4,11-12,14,22H2,1-3H3,(H,23,24). The Morgan fingerprint density at radius 3 is 2.64 bits per heavy atom. The van der Waals surface area contributed by atoms with E-state index in [4.69, 9.17) is 10.5 Å². The third-order valence-corrected chi connectivity index (χ3v) is 5.75. The van der Waals surface area contributed by atoms with Crippen molar-refractivity contribution in [1.29, 1.82) is 0 Å². The van der Waals surface area contributed by atoms with Gasteiger partial charge in [0.1, 0.15) is 5.54 Å². The Bertz CT molecular complexity index is 771. The number of ether oxygens (including phenoxy) is 1. The molecule has 4 heteroatoms. The van der Waals surface area contributed by atoms with Gasteiger partial charge >= 0.3 is 0 Å². The normalized spacial score (nSPS) is 24.7. The lowest BCUT2D eigenvalue weighted by Crippen LogP contribution is -2.75. The van der Waals surface area contributed by atoms with Gasteiger partial charge in [0.25, 0.3) is 0 Å². The van der Waals surface area contributed by atoms with Crippen molar-refractivity contribution < 1.29 is 9.53 Å². The lowest BCUT2D eigenvalue weighted by molar-refractivity contribution is -0.170. The maximum Gasteiger partial charge on any atom is 0.240 e. The molecule has 1 saturated carbocycles. The van der Waals surface area contributed by atoms with Gasteiger partial charge in [-0.05, 0) is 29.7 Å².